The fourth-order valence-electron chi connectivity index (χ4n) is 3.21. The first-order valence-corrected chi connectivity index (χ1v) is 9.22. The molecule has 1 aromatic heterocycles. The highest BCUT2D eigenvalue weighted by Crippen LogP contribution is 2.18. The Balaban J connectivity index is 1.83. The molecule has 2 amide bonds. The largest absolute Gasteiger partial charge is 0.339 e. The predicted octanol–water partition coefficient (Wildman–Crippen LogP) is 2.12. The average Bonchev–Trinajstić information content (AvgIpc) is 2.69. The van der Waals surface area contributed by atoms with Crippen molar-refractivity contribution in [1.29, 1.82) is 0 Å². The maximum Gasteiger partial charge on any atom is 0.277 e. The Morgan fingerprint density at radius 2 is 1.74 bits per heavy atom. The van der Waals surface area contributed by atoms with E-state index >= 15 is 0 Å². The summed E-state index contributed by atoms with van der Waals surface area (Å²) in [5.41, 5.74) is 1.98. The zero-order valence-electron chi connectivity index (χ0n) is 16.1. The fourth-order valence-corrected chi connectivity index (χ4v) is 3.21. The van der Waals surface area contributed by atoms with Crippen LogP contribution in [-0.4, -0.2) is 59.4 Å². The van der Waals surface area contributed by atoms with Crippen molar-refractivity contribution in [3.63, 3.8) is 0 Å². The Labute approximate surface area is 159 Å². The number of hydrogen-bond donors (Lipinski definition) is 0. The smallest absolute Gasteiger partial charge is 0.277 e. The van der Waals surface area contributed by atoms with Gasteiger partial charge in [0.2, 0.25) is 11.9 Å². The number of aryl methyl sites for hydroxylation is 1. The lowest BCUT2D eigenvalue weighted by molar-refractivity contribution is -0.129. The Morgan fingerprint density at radius 3 is 2.33 bits per heavy atom. The minimum atomic E-state index is -0.141. The van der Waals surface area contributed by atoms with E-state index in [1.807, 2.05) is 54.0 Å². The van der Waals surface area contributed by atoms with Gasteiger partial charge in [0, 0.05) is 51.0 Å². The maximum atomic E-state index is 13.1. The van der Waals surface area contributed by atoms with E-state index in [0.717, 1.165) is 11.4 Å². The molecule has 2 heterocycles. The second kappa shape index (κ2) is 8.16. The standard InChI is InChI=1S/C20H25N5O2/c1-4-25(17-8-6-5-7-9-17)19(27)18-14-15(2)21-20(22-18)24-12-10-23(11-13-24)16(3)26/h5-9,14H,4,10-13H2,1-3H3. The van der Waals surface area contributed by atoms with E-state index in [4.69, 9.17) is 0 Å². The Bertz CT molecular complexity index is 816. The Morgan fingerprint density at radius 1 is 1.07 bits per heavy atom. The van der Waals surface area contributed by atoms with Gasteiger partial charge in [0.25, 0.3) is 5.91 Å². The van der Waals surface area contributed by atoms with Gasteiger partial charge in [-0.15, -0.1) is 0 Å². The number of amides is 2. The van der Waals surface area contributed by atoms with Gasteiger partial charge >= 0.3 is 0 Å². The van der Waals surface area contributed by atoms with E-state index in [1.54, 1.807) is 17.9 Å². The number of aromatic nitrogens is 2. The van der Waals surface area contributed by atoms with Gasteiger partial charge in [0.1, 0.15) is 5.69 Å². The molecule has 142 valence electrons. The zero-order valence-corrected chi connectivity index (χ0v) is 16.1. The van der Waals surface area contributed by atoms with Gasteiger partial charge in [0.15, 0.2) is 0 Å². The van der Waals surface area contributed by atoms with Crippen LogP contribution in [0.25, 0.3) is 0 Å². The molecule has 2 aromatic rings. The second-order valence-corrected chi connectivity index (χ2v) is 6.57. The third-order valence-electron chi connectivity index (χ3n) is 4.70. The average molecular weight is 367 g/mol. The van der Waals surface area contributed by atoms with Gasteiger partial charge in [0.05, 0.1) is 0 Å². The fraction of sp³-hybridized carbons (Fsp3) is 0.400. The summed E-state index contributed by atoms with van der Waals surface area (Å²) in [5, 5.41) is 0. The van der Waals surface area contributed by atoms with Crippen molar-refractivity contribution in [3.8, 4) is 0 Å². The minimum absolute atomic E-state index is 0.0807. The summed E-state index contributed by atoms with van der Waals surface area (Å²) in [6.07, 6.45) is 0. The first-order valence-electron chi connectivity index (χ1n) is 9.22. The molecule has 1 aromatic carbocycles. The van der Waals surface area contributed by atoms with Crippen LogP contribution >= 0.6 is 0 Å². The zero-order chi connectivity index (χ0) is 19.4. The molecule has 1 aliphatic rings. The van der Waals surface area contributed by atoms with Gasteiger partial charge in [-0.3, -0.25) is 9.59 Å². The molecule has 0 bridgehead atoms. The minimum Gasteiger partial charge on any atom is -0.339 e. The van der Waals surface area contributed by atoms with Gasteiger partial charge in [-0.2, -0.15) is 0 Å². The van der Waals surface area contributed by atoms with Crippen molar-refractivity contribution in [2.24, 2.45) is 0 Å². The van der Waals surface area contributed by atoms with Gasteiger partial charge in [-0.1, -0.05) is 18.2 Å². The van der Waals surface area contributed by atoms with Crippen molar-refractivity contribution in [1.82, 2.24) is 14.9 Å². The van der Waals surface area contributed by atoms with Gasteiger partial charge in [-0.05, 0) is 32.0 Å². The number of hydrogen-bond acceptors (Lipinski definition) is 5. The number of para-hydroxylation sites is 1. The third-order valence-corrected chi connectivity index (χ3v) is 4.70. The molecule has 0 radical (unpaired) electrons. The summed E-state index contributed by atoms with van der Waals surface area (Å²) in [4.78, 5) is 39.2. The molecular weight excluding hydrogens is 342 g/mol. The molecular formula is C20H25N5O2. The first-order chi connectivity index (χ1) is 13.0. The molecule has 3 rings (SSSR count). The number of carbonyl (C=O) groups excluding carboxylic acids is 2. The van der Waals surface area contributed by atoms with Crippen molar-refractivity contribution in [2.75, 3.05) is 42.5 Å². The second-order valence-electron chi connectivity index (χ2n) is 6.57. The molecule has 0 N–H and O–H groups in total. The van der Waals surface area contributed by atoms with Crippen LogP contribution in [0, 0.1) is 6.92 Å². The third kappa shape index (κ3) is 4.24. The van der Waals surface area contributed by atoms with Crippen LogP contribution in [0.5, 0.6) is 0 Å². The van der Waals surface area contributed by atoms with E-state index in [9.17, 15) is 9.59 Å². The van der Waals surface area contributed by atoms with Crippen LogP contribution < -0.4 is 9.80 Å². The lowest BCUT2D eigenvalue weighted by Gasteiger charge is -2.34. The summed E-state index contributed by atoms with van der Waals surface area (Å²) >= 11 is 0. The monoisotopic (exact) mass is 367 g/mol. The highest BCUT2D eigenvalue weighted by molar-refractivity contribution is 6.04. The van der Waals surface area contributed by atoms with Crippen LogP contribution in [0.1, 0.15) is 30.0 Å². The van der Waals surface area contributed by atoms with E-state index in [0.29, 0.717) is 44.4 Å². The molecule has 1 fully saturated rings. The SMILES string of the molecule is CCN(C(=O)c1cc(C)nc(N2CCN(C(C)=O)CC2)n1)c1ccccc1. The summed E-state index contributed by atoms with van der Waals surface area (Å²) in [6.45, 7) is 8.55. The summed E-state index contributed by atoms with van der Waals surface area (Å²) in [5.74, 6) is 0.487. The van der Waals surface area contributed by atoms with Crippen LogP contribution in [0.2, 0.25) is 0 Å². The van der Waals surface area contributed by atoms with Crippen LogP contribution in [0.3, 0.4) is 0 Å². The molecule has 7 nitrogen and oxygen atoms in total. The topological polar surface area (TPSA) is 69.6 Å². The van der Waals surface area contributed by atoms with Crippen molar-refractivity contribution in [2.45, 2.75) is 20.8 Å². The van der Waals surface area contributed by atoms with Crippen molar-refractivity contribution in [3.05, 3.63) is 47.8 Å². The first kappa shape index (κ1) is 18.8. The normalized spacial score (nSPS) is 14.2. The van der Waals surface area contributed by atoms with Gasteiger partial charge in [-0.25, -0.2) is 9.97 Å². The van der Waals surface area contributed by atoms with Crippen LogP contribution in [0.4, 0.5) is 11.6 Å². The molecule has 0 unspecified atom stereocenters. The quantitative estimate of drug-likeness (QED) is 0.828. The Kier molecular flexibility index (Phi) is 5.69. The molecule has 0 atom stereocenters. The Hall–Kier alpha value is -2.96. The molecule has 7 heteroatoms. The molecule has 1 aliphatic heterocycles. The number of carbonyl (C=O) groups is 2. The maximum absolute atomic E-state index is 13.1. The summed E-state index contributed by atoms with van der Waals surface area (Å²) in [6, 6.07) is 11.3. The van der Waals surface area contributed by atoms with Crippen LogP contribution in [0.15, 0.2) is 36.4 Å². The number of rotatable bonds is 4. The van der Waals surface area contributed by atoms with Crippen LogP contribution in [-0.2, 0) is 4.79 Å². The molecule has 27 heavy (non-hydrogen) atoms. The van der Waals surface area contributed by atoms with Gasteiger partial charge < -0.3 is 14.7 Å². The highest BCUT2D eigenvalue weighted by Gasteiger charge is 2.23. The molecule has 0 spiro atoms. The van der Waals surface area contributed by atoms with Crippen molar-refractivity contribution >= 4 is 23.5 Å². The predicted molar refractivity (Wildman–Crippen MR) is 105 cm³/mol. The lowest BCUT2D eigenvalue weighted by atomic mass is 10.2. The van der Waals surface area contributed by atoms with Crippen molar-refractivity contribution < 1.29 is 9.59 Å². The molecule has 1 saturated heterocycles. The highest BCUT2D eigenvalue weighted by atomic mass is 16.2. The van der Waals surface area contributed by atoms with E-state index in [2.05, 4.69) is 9.97 Å². The number of nitrogens with zero attached hydrogens (tertiary/aromatic N) is 5. The summed E-state index contributed by atoms with van der Waals surface area (Å²) in [7, 11) is 0. The van der Waals surface area contributed by atoms with E-state index in [1.165, 1.54) is 0 Å². The molecule has 0 aliphatic carbocycles. The number of benzene rings is 1. The molecule has 0 saturated carbocycles. The van der Waals surface area contributed by atoms with E-state index in [-0.39, 0.29) is 11.8 Å². The lowest BCUT2D eigenvalue weighted by Crippen LogP contribution is -2.48. The van der Waals surface area contributed by atoms with E-state index < -0.39 is 0 Å². The number of anilines is 2. The summed E-state index contributed by atoms with van der Waals surface area (Å²) < 4.78 is 0. The number of piperazine rings is 1.